The number of para-hydroxylation sites is 1. The molecule has 28 heavy (non-hydrogen) atoms. The molecule has 2 atom stereocenters. The summed E-state index contributed by atoms with van der Waals surface area (Å²) in [7, 11) is 0. The maximum Gasteiger partial charge on any atom is 0.272 e. The number of carbonyl (C=O) groups is 2. The summed E-state index contributed by atoms with van der Waals surface area (Å²) in [5.74, 6) is -0.119. The fourth-order valence-electron chi connectivity index (χ4n) is 3.36. The second kappa shape index (κ2) is 7.56. The molecule has 2 aliphatic rings. The van der Waals surface area contributed by atoms with Crippen molar-refractivity contribution >= 4 is 23.2 Å². The Balaban J connectivity index is 1.83. The van der Waals surface area contributed by atoms with Gasteiger partial charge in [0.15, 0.2) is 0 Å². The van der Waals surface area contributed by atoms with Crippen molar-refractivity contribution in [3.05, 3.63) is 65.7 Å². The Hall–Kier alpha value is -2.99. The molecular formula is C22H24N4O2. The minimum atomic E-state index is -1.00. The van der Waals surface area contributed by atoms with E-state index >= 15 is 0 Å². The van der Waals surface area contributed by atoms with E-state index in [1.165, 1.54) is 0 Å². The summed E-state index contributed by atoms with van der Waals surface area (Å²) < 4.78 is 0. The summed E-state index contributed by atoms with van der Waals surface area (Å²) in [6, 6.07) is 16.8. The first kappa shape index (κ1) is 18.4. The summed E-state index contributed by atoms with van der Waals surface area (Å²) in [6.07, 6.45) is 1.24. The molecule has 0 radical (unpaired) electrons. The molecule has 0 spiro atoms. The van der Waals surface area contributed by atoms with E-state index in [4.69, 9.17) is 10.7 Å². The summed E-state index contributed by atoms with van der Waals surface area (Å²) in [5.41, 5.74) is 9.02. The van der Waals surface area contributed by atoms with Crippen LogP contribution in [0.15, 0.2) is 59.6 Å². The molecule has 4 rings (SSSR count). The van der Waals surface area contributed by atoms with Gasteiger partial charge in [0, 0.05) is 17.7 Å². The maximum atomic E-state index is 13.4. The molecular weight excluding hydrogens is 352 g/mol. The van der Waals surface area contributed by atoms with Crippen LogP contribution in [0.25, 0.3) is 0 Å². The first-order chi connectivity index (χ1) is 13.5. The first-order valence-electron chi connectivity index (χ1n) is 9.64. The number of rotatable bonds is 5. The number of nitrogens with one attached hydrogen (secondary N) is 1. The lowest BCUT2D eigenvalue weighted by Gasteiger charge is -2.25. The van der Waals surface area contributed by atoms with E-state index in [2.05, 4.69) is 5.32 Å². The summed E-state index contributed by atoms with van der Waals surface area (Å²) in [4.78, 5) is 32.1. The van der Waals surface area contributed by atoms with E-state index in [9.17, 15) is 9.59 Å². The molecule has 144 valence electrons. The van der Waals surface area contributed by atoms with Gasteiger partial charge in [0.2, 0.25) is 12.1 Å². The maximum absolute atomic E-state index is 13.4. The number of nitrogens with two attached hydrogens (primary N) is 1. The van der Waals surface area contributed by atoms with Crippen molar-refractivity contribution in [2.24, 2.45) is 16.6 Å². The highest BCUT2D eigenvalue weighted by Crippen LogP contribution is 2.34. The Morgan fingerprint density at radius 1 is 1.18 bits per heavy atom. The van der Waals surface area contributed by atoms with Crippen LogP contribution in [-0.4, -0.2) is 36.3 Å². The monoisotopic (exact) mass is 376 g/mol. The average molecular weight is 376 g/mol. The van der Waals surface area contributed by atoms with Gasteiger partial charge in [-0.25, -0.2) is 4.99 Å². The largest absolute Gasteiger partial charge is 0.325 e. The van der Waals surface area contributed by atoms with E-state index in [1.54, 1.807) is 11.8 Å². The molecule has 2 aromatic carbocycles. The molecule has 1 aliphatic carbocycles. The van der Waals surface area contributed by atoms with Crippen LogP contribution >= 0.6 is 0 Å². The molecule has 0 bridgehead atoms. The number of amides is 2. The highest BCUT2D eigenvalue weighted by molar-refractivity contribution is 6.20. The van der Waals surface area contributed by atoms with Crippen molar-refractivity contribution in [1.82, 2.24) is 5.32 Å². The minimum Gasteiger partial charge on any atom is -0.325 e. The Morgan fingerprint density at radius 2 is 1.86 bits per heavy atom. The van der Waals surface area contributed by atoms with Crippen LogP contribution < -0.4 is 16.0 Å². The van der Waals surface area contributed by atoms with Gasteiger partial charge in [-0.15, -0.1) is 0 Å². The predicted octanol–water partition coefficient (Wildman–Crippen LogP) is 2.07. The Labute approximate surface area is 164 Å². The number of hydrogen-bond donors (Lipinski definition) is 2. The lowest BCUT2D eigenvalue weighted by atomic mass is 10.00. The molecule has 1 heterocycles. The highest BCUT2D eigenvalue weighted by Gasteiger charge is 2.36. The van der Waals surface area contributed by atoms with Crippen molar-refractivity contribution in [1.29, 1.82) is 0 Å². The standard InChI is InChI=1S/C22H24N4O2/c1-14(23)21(27)25-20-22(28)26(13-15-11-12-15)18-10-6-5-9-17(18)19(24-20)16-7-3-2-4-8-16/h2-10,14-15,20H,11-13,23H2,1H3,(H,25,27)/t14-,20?/m0/s1. The molecule has 1 saturated carbocycles. The fraction of sp³-hybridized carbons (Fsp3) is 0.318. The van der Waals surface area contributed by atoms with E-state index in [0.717, 1.165) is 29.7 Å². The van der Waals surface area contributed by atoms with E-state index < -0.39 is 18.1 Å². The molecule has 0 saturated heterocycles. The van der Waals surface area contributed by atoms with E-state index in [1.807, 2.05) is 54.6 Å². The third kappa shape index (κ3) is 3.68. The zero-order chi connectivity index (χ0) is 19.7. The number of hydrogen-bond acceptors (Lipinski definition) is 4. The lowest BCUT2D eigenvalue weighted by Crippen LogP contribution is -2.51. The Morgan fingerprint density at radius 3 is 2.54 bits per heavy atom. The second-order valence-corrected chi connectivity index (χ2v) is 7.45. The third-order valence-corrected chi connectivity index (χ3v) is 5.09. The normalized spacial score (nSPS) is 20.1. The number of nitrogens with zero attached hydrogens (tertiary/aromatic N) is 2. The highest BCUT2D eigenvalue weighted by atomic mass is 16.2. The molecule has 6 heteroatoms. The van der Waals surface area contributed by atoms with Crippen LogP contribution in [-0.2, 0) is 9.59 Å². The van der Waals surface area contributed by atoms with Gasteiger partial charge in [-0.3, -0.25) is 9.59 Å². The number of benzodiazepines with no additional fused rings is 1. The smallest absolute Gasteiger partial charge is 0.272 e. The van der Waals surface area contributed by atoms with Gasteiger partial charge in [0.25, 0.3) is 5.91 Å². The molecule has 0 aromatic heterocycles. The molecule has 1 fully saturated rings. The number of aliphatic imine (C=N–C) groups is 1. The molecule has 1 unspecified atom stereocenters. The van der Waals surface area contributed by atoms with Crippen LogP contribution in [0.4, 0.5) is 5.69 Å². The predicted molar refractivity (Wildman–Crippen MR) is 109 cm³/mol. The quantitative estimate of drug-likeness (QED) is 0.837. The topological polar surface area (TPSA) is 87.8 Å². The molecule has 1 aliphatic heterocycles. The van der Waals surface area contributed by atoms with Gasteiger partial charge in [0.05, 0.1) is 17.4 Å². The van der Waals surface area contributed by atoms with Crippen molar-refractivity contribution in [2.75, 3.05) is 11.4 Å². The zero-order valence-electron chi connectivity index (χ0n) is 15.8. The Bertz CT molecular complexity index is 919. The summed E-state index contributed by atoms with van der Waals surface area (Å²) in [5, 5.41) is 2.72. The van der Waals surface area contributed by atoms with Crippen molar-refractivity contribution in [3.63, 3.8) is 0 Å². The molecule has 2 amide bonds. The van der Waals surface area contributed by atoms with Crippen molar-refractivity contribution in [2.45, 2.75) is 32.0 Å². The van der Waals surface area contributed by atoms with Crippen LogP contribution in [0.1, 0.15) is 30.9 Å². The third-order valence-electron chi connectivity index (χ3n) is 5.09. The molecule has 6 nitrogen and oxygen atoms in total. The summed E-state index contributed by atoms with van der Waals surface area (Å²) >= 11 is 0. The van der Waals surface area contributed by atoms with Crippen LogP contribution in [0.2, 0.25) is 0 Å². The Kier molecular flexibility index (Phi) is 4.96. The van der Waals surface area contributed by atoms with Crippen LogP contribution in [0, 0.1) is 5.92 Å². The molecule has 2 aromatic rings. The second-order valence-electron chi connectivity index (χ2n) is 7.45. The van der Waals surface area contributed by atoms with Gasteiger partial charge in [-0.2, -0.15) is 0 Å². The number of carbonyl (C=O) groups excluding carboxylic acids is 2. The van der Waals surface area contributed by atoms with E-state index in [0.29, 0.717) is 18.2 Å². The van der Waals surface area contributed by atoms with Gasteiger partial charge in [0.1, 0.15) is 0 Å². The van der Waals surface area contributed by atoms with Gasteiger partial charge in [-0.1, -0.05) is 48.5 Å². The van der Waals surface area contributed by atoms with Gasteiger partial charge >= 0.3 is 0 Å². The van der Waals surface area contributed by atoms with Crippen molar-refractivity contribution in [3.8, 4) is 0 Å². The zero-order valence-corrected chi connectivity index (χ0v) is 15.8. The van der Waals surface area contributed by atoms with Crippen molar-refractivity contribution < 1.29 is 9.59 Å². The lowest BCUT2D eigenvalue weighted by molar-refractivity contribution is -0.127. The first-order valence-corrected chi connectivity index (χ1v) is 9.64. The average Bonchev–Trinajstić information content (AvgIpc) is 3.54. The molecule has 3 N–H and O–H groups in total. The van der Waals surface area contributed by atoms with Crippen LogP contribution in [0.5, 0.6) is 0 Å². The SMILES string of the molecule is C[C@H](N)C(=O)NC1N=C(c2ccccc2)c2ccccc2N(CC2CC2)C1=O. The number of benzene rings is 2. The van der Waals surface area contributed by atoms with Crippen LogP contribution in [0.3, 0.4) is 0 Å². The van der Waals surface area contributed by atoms with Gasteiger partial charge in [-0.05, 0) is 31.7 Å². The number of fused-ring (bicyclic) bond motifs is 1. The fourth-order valence-corrected chi connectivity index (χ4v) is 3.36. The minimum absolute atomic E-state index is 0.223. The summed E-state index contributed by atoms with van der Waals surface area (Å²) in [6.45, 7) is 2.23. The number of anilines is 1. The van der Waals surface area contributed by atoms with Gasteiger partial charge < -0.3 is 16.0 Å². The van der Waals surface area contributed by atoms with E-state index in [-0.39, 0.29) is 5.91 Å².